The topological polar surface area (TPSA) is 78.9 Å². The van der Waals surface area contributed by atoms with Gasteiger partial charge in [-0.2, -0.15) is 0 Å². The summed E-state index contributed by atoms with van der Waals surface area (Å²) in [4.78, 5) is 37.4. The molecule has 0 saturated heterocycles. The summed E-state index contributed by atoms with van der Waals surface area (Å²) < 4.78 is 16.5. The van der Waals surface area contributed by atoms with Crippen LogP contribution in [0.15, 0.2) is 109 Å². The molecule has 6 heteroatoms. The zero-order valence-electron chi connectivity index (χ0n) is 42.0. The van der Waals surface area contributed by atoms with E-state index in [0.717, 1.165) is 128 Å². The highest BCUT2D eigenvalue weighted by molar-refractivity contribution is 5.71. The fourth-order valence-electron chi connectivity index (χ4n) is 6.84. The molecule has 6 nitrogen and oxygen atoms in total. The standard InChI is InChI=1S/C59H96O6/c1-4-7-10-13-15-16-17-18-19-20-21-22-23-24-25-26-27-28-29-30-31-32-33-34-35-36-37-38-39-40-41-42-44-46-49-52-58(61)64-55-56(54-63-57(60)51-48-45-12-9-6-3)65-59(62)53-50-47-43-14-11-8-5-2/h7,10,15-16,18-19,21-22,24-25,27-28,30-31,33-34,36-37,56H,4-6,8-9,11-14,17,20,23,26,29,32,35,38-55H2,1-3H3/b10-7-,16-15-,19-18-,22-21-,25-24-,28-27-,31-30-,34-33-,37-36-. The summed E-state index contributed by atoms with van der Waals surface area (Å²) >= 11 is 0. The summed E-state index contributed by atoms with van der Waals surface area (Å²) in [6.45, 7) is 6.36. The van der Waals surface area contributed by atoms with Crippen molar-refractivity contribution in [3.8, 4) is 0 Å². The van der Waals surface area contributed by atoms with E-state index < -0.39 is 6.10 Å². The Bertz CT molecular complexity index is 1360. The predicted octanol–water partition coefficient (Wildman–Crippen LogP) is 17.5. The molecule has 65 heavy (non-hydrogen) atoms. The Kier molecular flexibility index (Phi) is 49.5. The zero-order valence-corrected chi connectivity index (χ0v) is 42.0. The lowest BCUT2D eigenvalue weighted by Gasteiger charge is -2.18. The molecule has 0 aliphatic carbocycles. The van der Waals surface area contributed by atoms with Gasteiger partial charge in [0.2, 0.25) is 0 Å². The van der Waals surface area contributed by atoms with Crippen molar-refractivity contribution in [1.29, 1.82) is 0 Å². The summed E-state index contributed by atoms with van der Waals surface area (Å²) in [6.07, 6.45) is 71.5. The Morgan fingerprint density at radius 3 is 0.938 bits per heavy atom. The van der Waals surface area contributed by atoms with Gasteiger partial charge in [-0.05, 0) is 89.9 Å². The molecule has 368 valence electrons. The Balaban J connectivity index is 3.97. The lowest BCUT2D eigenvalue weighted by Crippen LogP contribution is -2.30. The molecule has 0 aliphatic rings. The molecule has 0 heterocycles. The van der Waals surface area contributed by atoms with E-state index in [2.05, 4.69) is 130 Å². The monoisotopic (exact) mass is 901 g/mol. The lowest BCUT2D eigenvalue weighted by atomic mass is 10.1. The third-order valence-corrected chi connectivity index (χ3v) is 10.8. The Labute approximate surface area is 400 Å². The number of carbonyl (C=O) groups is 3. The van der Waals surface area contributed by atoms with E-state index in [1.54, 1.807) is 0 Å². The van der Waals surface area contributed by atoms with Gasteiger partial charge in [0.25, 0.3) is 0 Å². The minimum atomic E-state index is -0.774. The van der Waals surface area contributed by atoms with Crippen LogP contribution in [0.1, 0.15) is 226 Å². The van der Waals surface area contributed by atoms with E-state index in [1.165, 1.54) is 57.8 Å². The van der Waals surface area contributed by atoms with Crippen LogP contribution in [-0.2, 0) is 28.6 Å². The van der Waals surface area contributed by atoms with Gasteiger partial charge < -0.3 is 14.2 Å². The lowest BCUT2D eigenvalue weighted by molar-refractivity contribution is -0.167. The van der Waals surface area contributed by atoms with Gasteiger partial charge in [0.15, 0.2) is 6.10 Å². The number of hydrogen-bond donors (Lipinski definition) is 0. The van der Waals surface area contributed by atoms with Gasteiger partial charge in [-0.1, -0.05) is 226 Å². The largest absolute Gasteiger partial charge is 0.462 e. The van der Waals surface area contributed by atoms with E-state index in [-0.39, 0.29) is 31.1 Å². The summed E-state index contributed by atoms with van der Waals surface area (Å²) in [6, 6.07) is 0. The highest BCUT2D eigenvalue weighted by atomic mass is 16.6. The number of carbonyl (C=O) groups excluding carboxylic acids is 3. The Morgan fingerprint density at radius 2 is 0.600 bits per heavy atom. The summed E-state index contributed by atoms with van der Waals surface area (Å²) in [7, 11) is 0. The van der Waals surface area contributed by atoms with Crippen LogP contribution < -0.4 is 0 Å². The Morgan fingerprint density at radius 1 is 0.323 bits per heavy atom. The molecule has 0 aromatic carbocycles. The maximum atomic E-state index is 12.6. The van der Waals surface area contributed by atoms with E-state index >= 15 is 0 Å². The number of unbranched alkanes of at least 4 members (excludes halogenated alkanes) is 17. The van der Waals surface area contributed by atoms with E-state index in [4.69, 9.17) is 14.2 Å². The average Bonchev–Trinajstić information content (AvgIpc) is 3.30. The maximum Gasteiger partial charge on any atom is 0.306 e. The van der Waals surface area contributed by atoms with Gasteiger partial charge in [0, 0.05) is 19.3 Å². The summed E-state index contributed by atoms with van der Waals surface area (Å²) in [5, 5.41) is 0. The molecular formula is C59H96O6. The second-order valence-electron chi connectivity index (χ2n) is 17.1. The molecule has 0 aromatic rings. The van der Waals surface area contributed by atoms with E-state index in [1.807, 2.05) is 0 Å². The molecule has 0 aliphatic heterocycles. The number of rotatable bonds is 46. The molecule has 1 unspecified atom stereocenters. The van der Waals surface area contributed by atoms with Crippen LogP contribution in [-0.4, -0.2) is 37.2 Å². The quantitative estimate of drug-likeness (QED) is 0.0262. The third-order valence-electron chi connectivity index (χ3n) is 10.8. The fourth-order valence-corrected chi connectivity index (χ4v) is 6.84. The minimum absolute atomic E-state index is 0.0815. The molecule has 0 saturated carbocycles. The van der Waals surface area contributed by atoms with Crippen molar-refractivity contribution in [1.82, 2.24) is 0 Å². The molecule has 0 fully saturated rings. The predicted molar refractivity (Wildman–Crippen MR) is 279 cm³/mol. The van der Waals surface area contributed by atoms with Crippen LogP contribution in [0.2, 0.25) is 0 Å². The number of ether oxygens (including phenoxy) is 3. The number of hydrogen-bond acceptors (Lipinski definition) is 6. The second-order valence-corrected chi connectivity index (χ2v) is 17.1. The smallest absolute Gasteiger partial charge is 0.306 e. The molecule has 0 spiro atoms. The molecule has 0 radical (unpaired) electrons. The maximum absolute atomic E-state index is 12.6. The van der Waals surface area contributed by atoms with Crippen LogP contribution in [0.5, 0.6) is 0 Å². The highest BCUT2D eigenvalue weighted by Crippen LogP contribution is 2.13. The third kappa shape index (κ3) is 50.9. The molecule has 0 bridgehead atoms. The molecule has 1 atom stereocenters. The van der Waals surface area contributed by atoms with Crippen LogP contribution in [0, 0.1) is 0 Å². The first kappa shape index (κ1) is 61.1. The molecule has 0 aromatic heterocycles. The van der Waals surface area contributed by atoms with Gasteiger partial charge >= 0.3 is 17.9 Å². The normalized spacial score (nSPS) is 13.0. The van der Waals surface area contributed by atoms with Crippen molar-refractivity contribution < 1.29 is 28.6 Å². The Hall–Kier alpha value is -3.93. The molecule has 0 N–H and O–H groups in total. The average molecular weight is 901 g/mol. The van der Waals surface area contributed by atoms with Crippen LogP contribution in [0.25, 0.3) is 0 Å². The van der Waals surface area contributed by atoms with Crippen molar-refractivity contribution in [3.05, 3.63) is 109 Å². The van der Waals surface area contributed by atoms with E-state index in [9.17, 15) is 14.4 Å². The number of esters is 3. The van der Waals surface area contributed by atoms with Gasteiger partial charge in [-0.25, -0.2) is 0 Å². The minimum Gasteiger partial charge on any atom is -0.462 e. The first-order valence-corrected chi connectivity index (χ1v) is 26.4. The van der Waals surface area contributed by atoms with Gasteiger partial charge in [0.1, 0.15) is 13.2 Å². The first-order valence-electron chi connectivity index (χ1n) is 26.4. The van der Waals surface area contributed by atoms with Gasteiger partial charge in [-0.15, -0.1) is 0 Å². The van der Waals surface area contributed by atoms with Crippen molar-refractivity contribution in [2.45, 2.75) is 232 Å². The fraction of sp³-hybridized carbons (Fsp3) is 0.644. The van der Waals surface area contributed by atoms with Crippen LogP contribution in [0.3, 0.4) is 0 Å². The van der Waals surface area contributed by atoms with Gasteiger partial charge in [-0.3, -0.25) is 14.4 Å². The second kappa shape index (κ2) is 52.7. The summed E-state index contributed by atoms with van der Waals surface area (Å²) in [5.41, 5.74) is 0. The van der Waals surface area contributed by atoms with Crippen LogP contribution in [0.4, 0.5) is 0 Å². The SMILES string of the molecule is CC/C=C\C/C=C\C/C=C\C/C=C\C/C=C\C/C=C\C/C=C\C/C=C\C/C=C\CCCCCCCCCC(=O)OCC(COC(=O)CCCCCCC)OC(=O)CCCCCCCCC. The van der Waals surface area contributed by atoms with Crippen molar-refractivity contribution in [2.75, 3.05) is 13.2 Å². The first-order chi connectivity index (χ1) is 32.0. The van der Waals surface area contributed by atoms with Crippen LogP contribution >= 0.6 is 0 Å². The summed E-state index contributed by atoms with van der Waals surface area (Å²) in [5.74, 6) is -0.921. The highest BCUT2D eigenvalue weighted by Gasteiger charge is 2.19. The molecular weight excluding hydrogens is 805 g/mol. The number of allylic oxidation sites excluding steroid dienone is 18. The van der Waals surface area contributed by atoms with Crippen molar-refractivity contribution >= 4 is 17.9 Å². The molecule has 0 rings (SSSR count). The van der Waals surface area contributed by atoms with Gasteiger partial charge in [0.05, 0.1) is 0 Å². The molecule has 0 amide bonds. The van der Waals surface area contributed by atoms with Crippen molar-refractivity contribution in [2.24, 2.45) is 0 Å². The van der Waals surface area contributed by atoms with Crippen molar-refractivity contribution in [3.63, 3.8) is 0 Å². The zero-order chi connectivity index (χ0) is 47.2. The van der Waals surface area contributed by atoms with E-state index in [0.29, 0.717) is 19.3 Å².